The maximum Gasteiger partial charge on any atom is 0.242 e. The van der Waals surface area contributed by atoms with E-state index in [1.54, 1.807) is 24.3 Å². The van der Waals surface area contributed by atoms with Gasteiger partial charge in [-0.1, -0.05) is 47.5 Å². The fourth-order valence-electron chi connectivity index (χ4n) is 2.49. The predicted molar refractivity (Wildman–Crippen MR) is 90.8 cm³/mol. The van der Waals surface area contributed by atoms with Crippen LogP contribution in [0.25, 0.3) is 0 Å². The summed E-state index contributed by atoms with van der Waals surface area (Å²) in [5, 5.41) is 4.26. The van der Waals surface area contributed by atoms with E-state index < -0.39 is 16.2 Å². The summed E-state index contributed by atoms with van der Waals surface area (Å²) in [7, 11) is -3.56. The molecule has 0 fully saturated rings. The van der Waals surface area contributed by atoms with Gasteiger partial charge in [0.05, 0.1) is 10.6 Å². The molecule has 120 valence electrons. The first-order valence-electron chi connectivity index (χ1n) is 7.42. The van der Waals surface area contributed by atoms with Gasteiger partial charge in [-0.15, -0.1) is 0 Å². The summed E-state index contributed by atoms with van der Waals surface area (Å²) in [5.41, 5.74) is 6.89. The third-order valence-electron chi connectivity index (χ3n) is 3.73. The highest BCUT2D eigenvalue weighted by atomic mass is 32.2. The van der Waals surface area contributed by atoms with Crippen LogP contribution in [0.15, 0.2) is 58.5 Å². The van der Waals surface area contributed by atoms with Gasteiger partial charge in [0, 0.05) is 6.42 Å². The second kappa shape index (κ2) is 6.14. The second-order valence-electron chi connectivity index (χ2n) is 5.75. The molecule has 2 aromatic rings. The monoisotopic (exact) mass is 329 g/mol. The van der Waals surface area contributed by atoms with Crippen LogP contribution in [0.5, 0.6) is 0 Å². The van der Waals surface area contributed by atoms with Crippen molar-refractivity contribution >= 4 is 15.7 Å². The standard InChI is InChI=1S/C17H19N3O2S/c1-12-6-8-15(9-7-12)23(21,22)20-17-11-16(18-19-17)14-5-3-4-13(2)10-14/h3-10,17,19-20H,11H2,1-2H3. The zero-order valence-corrected chi connectivity index (χ0v) is 13.9. The molecule has 3 rings (SSSR count). The Kier molecular flexibility index (Phi) is 4.19. The summed E-state index contributed by atoms with van der Waals surface area (Å²) in [5.74, 6) is 0. The van der Waals surface area contributed by atoms with Gasteiger partial charge >= 0.3 is 0 Å². The van der Waals surface area contributed by atoms with Crippen molar-refractivity contribution in [2.75, 3.05) is 0 Å². The fraction of sp³-hybridized carbons (Fsp3) is 0.235. The van der Waals surface area contributed by atoms with Crippen LogP contribution in [0.3, 0.4) is 0 Å². The van der Waals surface area contributed by atoms with Crippen LogP contribution < -0.4 is 10.1 Å². The van der Waals surface area contributed by atoms with E-state index in [0.29, 0.717) is 6.42 Å². The molecular formula is C17H19N3O2S. The number of hydrogen-bond donors (Lipinski definition) is 2. The van der Waals surface area contributed by atoms with E-state index in [-0.39, 0.29) is 4.90 Å². The van der Waals surface area contributed by atoms with Gasteiger partial charge in [-0.2, -0.15) is 9.82 Å². The minimum Gasteiger partial charge on any atom is -0.291 e. The maximum absolute atomic E-state index is 12.4. The van der Waals surface area contributed by atoms with Crippen molar-refractivity contribution < 1.29 is 8.42 Å². The minimum atomic E-state index is -3.56. The summed E-state index contributed by atoms with van der Waals surface area (Å²) < 4.78 is 27.4. The molecule has 0 aromatic heterocycles. The Bertz CT molecular complexity index is 842. The molecule has 0 aliphatic carbocycles. The SMILES string of the molecule is Cc1ccc(S(=O)(=O)NC2CC(c3cccc(C)c3)=NN2)cc1. The van der Waals surface area contributed by atoms with Crippen molar-refractivity contribution in [2.45, 2.75) is 31.3 Å². The molecule has 2 N–H and O–H groups in total. The van der Waals surface area contributed by atoms with E-state index in [1.165, 1.54) is 0 Å². The highest BCUT2D eigenvalue weighted by Crippen LogP contribution is 2.15. The minimum absolute atomic E-state index is 0.258. The number of nitrogens with zero attached hydrogens (tertiary/aromatic N) is 1. The third kappa shape index (κ3) is 3.60. The number of benzene rings is 2. The molecular weight excluding hydrogens is 310 g/mol. The predicted octanol–water partition coefficient (Wildman–Crippen LogP) is 2.31. The number of hydrogen-bond acceptors (Lipinski definition) is 4. The Morgan fingerprint density at radius 3 is 2.52 bits per heavy atom. The molecule has 2 aromatic carbocycles. The van der Waals surface area contributed by atoms with Gasteiger partial charge in [0.1, 0.15) is 6.17 Å². The van der Waals surface area contributed by atoms with E-state index in [4.69, 9.17) is 0 Å². The number of sulfonamides is 1. The van der Waals surface area contributed by atoms with Gasteiger partial charge in [-0.25, -0.2) is 8.42 Å². The Morgan fingerprint density at radius 1 is 1.09 bits per heavy atom. The summed E-state index contributed by atoms with van der Waals surface area (Å²) in [6.45, 7) is 3.94. The largest absolute Gasteiger partial charge is 0.291 e. The van der Waals surface area contributed by atoms with Crippen molar-refractivity contribution in [1.82, 2.24) is 10.1 Å². The fourth-order valence-corrected chi connectivity index (χ4v) is 3.63. The van der Waals surface area contributed by atoms with Crippen molar-refractivity contribution in [3.8, 4) is 0 Å². The topological polar surface area (TPSA) is 70.6 Å². The molecule has 0 spiro atoms. The molecule has 0 saturated heterocycles. The van der Waals surface area contributed by atoms with Crippen molar-refractivity contribution in [3.63, 3.8) is 0 Å². The van der Waals surface area contributed by atoms with Gasteiger partial charge in [0.15, 0.2) is 0 Å². The number of aryl methyl sites for hydroxylation is 2. The average Bonchev–Trinajstić information content (AvgIpc) is 2.95. The molecule has 0 radical (unpaired) electrons. The molecule has 0 bridgehead atoms. The van der Waals surface area contributed by atoms with E-state index in [9.17, 15) is 8.42 Å². The first kappa shape index (κ1) is 15.7. The normalized spacial score (nSPS) is 17.7. The van der Waals surface area contributed by atoms with Gasteiger partial charge in [-0.05, 0) is 31.5 Å². The van der Waals surface area contributed by atoms with Crippen molar-refractivity contribution in [2.24, 2.45) is 5.10 Å². The highest BCUT2D eigenvalue weighted by Gasteiger charge is 2.25. The van der Waals surface area contributed by atoms with E-state index in [1.807, 2.05) is 38.1 Å². The van der Waals surface area contributed by atoms with E-state index >= 15 is 0 Å². The summed E-state index contributed by atoms with van der Waals surface area (Å²) in [4.78, 5) is 0.258. The number of rotatable bonds is 4. The molecule has 1 unspecified atom stereocenters. The zero-order valence-electron chi connectivity index (χ0n) is 13.1. The highest BCUT2D eigenvalue weighted by molar-refractivity contribution is 7.89. The molecule has 1 aliphatic rings. The van der Waals surface area contributed by atoms with Crippen LogP contribution in [0.4, 0.5) is 0 Å². The van der Waals surface area contributed by atoms with E-state index in [2.05, 4.69) is 15.2 Å². The number of hydrazone groups is 1. The van der Waals surface area contributed by atoms with Crippen LogP contribution in [0, 0.1) is 13.8 Å². The van der Waals surface area contributed by atoms with Crippen LogP contribution >= 0.6 is 0 Å². The van der Waals surface area contributed by atoms with E-state index in [0.717, 1.165) is 22.4 Å². The quantitative estimate of drug-likeness (QED) is 0.904. The Hall–Kier alpha value is -2.18. The zero-order chi connectivity index (χ0) is 16.4. The van der Waals surface area contributed by atoms with Gasteiger partial charge in [-0.3, -0.25) is 5.43 Å². The molecule has 1 heterocycles. The summed E-state index contributed by atoms with van der Waals surface area (Å²) >= 11 is 0. The maximum atomic E-state index is 12.4. The molecule has 1 aliphatic heterocycles. The second-order valence-corrected chi connectivity index (χ2v) is 7.46. The molecule has 1 atom stereocenters. The number of nitrogens with one attached hydrogen (secondary N) is 2. The lowest BCUT2D eigenvalue weighted by atomic mass is 10.1. The first-order chi connectivity index (χ1) is 10.9. The molecule has 0 amide bonds. The Morgan fingerprint density at radius 2 is 1.83 bits per heavy atom. The van der Waals surface area contributed by atoms with Crippen LogP contribution in [-0.2, 0) is 10.0 Å². The van der Waals surface area contributed by atoms with Crippen LogP contribution in [0.1, 0.15) is 23.1 Å². The third-order valence-corrected chi connectivity index (χ3v) is 5.22. The lowest BCUT2D eigenvalue weighted by Crippen LogP contribution is -2.40. The summed E-state index contributed by atoms with van der Waals surface area (Å²) in [6.07, 6.45) is 0.0750. The Balaban J connectivity index is 1.70. The van der Waals surface area contributed by atoms with Crippen molar-refractivity contribution in [3.05, 3.63) is 65.2 Å². The smallest absolute Gasteiger partial charge is 0.242 e. The molecule has 6 heteroatoms. The first-order valence-corrected chi connectivity index (χ1v) is 8.90. The van der Waals surface area contributed by atoms with Crippen LogP contribution in [-0.4, -0.2) is 20.3 Å². The molecule has 0 saturated carbocycles. The van der Waals surface area contributed by atoms with Gasteiger partial charge < -0.3 is 0 Å². The lowest BCUT2D eigenvalue weighted by molar-refractivity contribution is 0.521. The molecule has 23 heavy (non-hydrogen) atoms. The Labute approximate surface area is 136 Å². The molecule has 5 nitrogen and oxygen atoms in total. The average molecular weight is 329 g/mol. The van der Waals surface area contributed by atoms with Gasteiger partial charge in [0.2, 0.25) is 10.0 Å². The van der Waals surface area contributed by atoms with Crippen LogP contribution in [0.2, 0.25) is 0 Å². The van der Waals surface area contributed by atoms with Gasteiger partial charge in [0.25, 0.3) is 0 Å². The summed E-state index contributed by atoms with van der Waals surface area (Å²) in [6, 6.07) is 14.8. The van der Waals surface area contributed by atoms with Crippen molar-refractivity contribution in [1.29, 1.82) is 0 Å². The lowest BCUT2D eigenvalue weighted by Gasteiger charge is -2.13.